The standard InChI is InChI=1S/C13H14N4O3/c1-8-2-5-10(11(6-8)17(18)19)14-7-12-15-13(16-20-12)9-3-4-9/h2,5-6,9,14H,3-4,7H2,1H3. The van der Waals surface area contributed by atoms with Crippen LogP contribution in [0.1, 0.15) is 36.0 Å². The summed E-state index contributed by atoms with van der Waals surface area (Å²) in [6.07, 6.45) is 2.21. The van der Waals surface area contributed by atoms with Crippen molar-refractivity contribution in [3.63, 3.8) is 0 Å². The topological polar surface area (TPSA) is 94.1 Å². The van der Waals surface area contributed by atoms with Crippen molar-refractivity contribution in [3.8, 4) is 0 Å². The van der Waals surface area contributed by atoms with Crippen LogP contribution in [-0.4, -0.2) is 15.1 Å². The van der Waals surface area contributed by atoms with E-state index in [2.05, 4.69) is 15.5 Å². The van der Waals surface area contributed by atoms with E-state index >= 15 is 0 Å². The number of rotatable bonds is 5. The van der Waals surface area contributed by atoms with E-state index in [4.69, 9.17) is 4.52 Å². The van der Waals surface area contributed by atoms with Crippen molar-refractivity contribution >= 4 is 11.4 Å². The lowest BCUT2D eigenvalue weighted by atomic mass is 10.2. The Labute approximate surface area is 115 Å². The van der Waals surface area contributed by atoms with Crippen LogP contribution in [0.15, 0.2) is 22.7 Å². The van der Waals surface area contributed by atoms with Gasteiger partial charge in [0, 0.05) is 12.0 Å². The van der Waals surface area contributed by atoms with Crippen molar-refractivity contribution in [2.45, 2.75) is 32.2 Å². The van der Waals surface area contributed by atoms with Gasteiger partial charge < -0.3 is 9.84 Å². The van der Waals surface area contributed by atoms with Crippen LogP contribution in [0.25, 0.3) is 0 Å². The van der Waals surface area contributed by atoms with Crippen LogP contribution in [0, 0.1) is 17.0 Å². The summed E-state index contributed by atoms with van der Waals surface area (Å²) in [5, 5.41) is 17.9. The molecule has 1 heterocycles. The molecule has 1 aromatic heterocycles. The summed E-state index contributed by atoms with van der Waals surface area (Å²) in [6, 6.07) is 5.04. The molecule has 0 radical (unpaired) electrons. The molecule has 2 aromatic rings. The van der Waals surface area contributed by atoms with Crippen molar-refractivity contribution in [1.82, 2.24) is 10.1 Å². The summed E-state index contributed by atoms with van der Waals surface area (Å²) < 4.78 is 5.12. The highest BCUT2D eigenvalue weighted by Gasteiger charge is 2.28. The van der Waals surface area contributed by atoms with Gasteiger partial charge in [-0.25, -0.2) is 0 Å². The molecule has 3 rings (SSSR count). The number of aromatic nitrogens is 2. The summed E-state index contributed by atoms with van der Waals surface area (Å²) >= 11 is 0. The van der Waals surface area contributed by atoms with E-state index in [-0.39, 0.29) is 12.2 Å². The number of hydrogen-bond acceptors (Lipinski definition) is 6. The Kier molecular flexibility index (Phi) is 3.09. The van der Waals surface area contributed by atoms with Crippen LogP contribution in [0.5, 0.6) is 0 Å². The number of nitrogens with zero attached hydrogens (tertiary/aromatic N) is 3. The monoisotopic (exact) mass is 274 g/mol. The molecule has 0 unspecified atom stereocenters. The molecule has 104 valence electrons. The number of nitrogens with one attached hydrogen (secondary N) is 1. The Morgan fingerprint density at radius 2 is 2.30 bits per heavy atom. The molecule has 7 nitrogen and oxygen atoms in total. The Balaban J connectivity index is 1.72. The first-order chi connectivity index (χ1) is 9.63. The first-order valence-corrected chi connectivity index (χ1v) is 6.45. The fourth-order valence-electron chi connectivity index (χ4n) is 1.96. The number of nitro benzene ring substituents is 1. The minimum Gasteiger partial charge on any atom is -0.371 e. The zero-order valence-corrected chi connectivity index (χ0v) is 11.0. The van der Waals surface area contributed by atoms with Gasteiger partial charge in [0.1, 0.15) is 5.69 Å². The van der Waals surface area contributed by atoms with E-state index in [0.29, 0.717) is 17.5 Å². The van der Waals surface area contributed by atoms with E-state index in [9.17, 15) is 10.1 Å². The van der Waals surface area contributed by atoms with Crippen molar-refractivity contribution in [2.24, 2.45) is 0 Å². The summed E-state index contributed by atoms with van der Waals surface area (Å²) in [6.45, 7) is 2.10. The second kappa shape index (κ2) is 4.92. The SMILES string of the molecule is Cc1ccc(NCc2nc(C3CC3)no2)c([N+](=O)[O-])c1. The molecular weight excluding hydrogens is 260 g/mol. The Morgan fingerprint density at radius 1 is 1.50 bits per heavy atom. The van der Waals surface area contributed by atoms with E-state index in [1.807, 2.05) is 13.0 Å². The Morgan fingerprint density at radius 3 is 3.00 bits per heavy atom. The van der Waals surface area contributed by atoms with Crippen LogP contribution >= 0.6 is 0 Å². The van der Waals surface area contributed by atoms with Gasteiger partial charge in [0.05, 0.1) is 11.5 Å². The number of anilines is 1. The van der Waals surface area contributed by atoms with E-state index < -0.39 is 4.92 Å². The molecule has 20 heavy (non-hydrogen) atoms. The molecule has 1 saturated carbocycles. The highest BCUT2D eigenvalue weighted by Crippen LogP contribution is 2.38. The molecular formula is C13H14N4O3. The largest absolute Gasteiger partial charge is 0.371 e. The second-order valence-electron chi connectivity index (χ2n) is 4.95. The highest BCUT2D eigenvalue weighted by molar-refractivity contribution is 5.62. The Hall–Kier alpha value is -2.44. The Bertz CT molecular complexity index is 649. The zero-order chi connectivity index (χ0) is 14.1. The molecule has 0 atom stereocenters. The van der Waals surface area contributed by atoms with Crippen LogP contribution in [0.3, 0.4) is 0 Å². The summed E-state index contributed by atoms with van der Waals surface area (Å²) in [4.78, 5) is 14.9. The number of hydrogen-bond donors (Lipinski definition) is 1. The van der Waals surface area contributed by atoms with Gasteiger partial charge in [-0.1, -0.05) is 11.2 Å². The molecule has 0 amide bonds. The van der Waals surface area contributed by atoms with E-state index in [1.165, 1.54) is 6.07 Å². The van der Waals surface area contributed by atoms with Gasteiger partial charge in [-0.15, -0.1) is 0 Å². The lowest BCUT2D eigenvalue weighted by Crippen LogP contribution is -2.03. The summed E-state index contributed by atoms with van der Waals surface area (Å²) in [7, 11) is 0. The van der Waals surface area contributed by atoms with Gasteiger partial charge in [-0.05, 0) is 31.4 Å². The lowest BCUT2D eigenvalue weighted by molar-refractivity contribution is -0.384. The minimum atomic E-state index is -0.404. The minimum absolute atomic E-state index is 0.0481. The van der Waals surface area contributed by atoms with Gasteiger partial charge >= 0.3 is 0 Å². The fourth-order valence-corrected chi connectivity index (χ4v) is 1.96. The second-order valence-corrected chi connectivity index (χ2v) is 4.95. The predicted octanol–water partition coefficient (Wildman–Crippen LogP) is 2.78. The fraction of sp³-hybridized carbons (Fsp3) is 0.385. The predicted molar refractivity (Wildman–Crippen MR) is 71.4 cm³/mol. The van der Waals surface area contributed by atoms with Crippen LogP contribution in [0.2, 0.25) is 0 Å². The molecule has 7 heteroatoms. The van der Waals surface area contributed by atoms with Gasteiger partial charge in [0.15, 0.2) is 5.82 Å². The first-order valence-electron chi connectivity index (χ1n) is 6.45. The third kappa shape index (κ3) is 2.61. The van der Waals surface area contributed by atoms with Crippen LogP contribution < -0.4 is 5.32 Å². The molecule has 0 aliphatic heterocycles. The molecule has 0 saturated heterocycles. The van der Waals surface area contributed by atoms with E-state index in [1.54, 1.807) is 6.07 Å². The highest BCUT2D eigenvalue weighted by atomic mass is 16.6. The van der Waals surface area contributed by atoms with Crippen LogP contribution in [0.4, 0.5) is 11.4 Å². The van der Waals surface area contributed by atoms with E-state index in [0.717, 1.165) is 24.2 Å². The van der Waals surface area contributed by atoms with Crippen molar-refractivity contribution in [1.29, 1.82) is 0 Å². The maximum atomic E-state index is 11.0. The lowest BCUT2D eigenvalue weighted by Gasteiger charge is -2.05. The van der Waals surface area contributed by atoms with Crippen molar-refractivity contribution in [2.75, 3.05) is 5.32 Å². The smallest absolute Gasteiger partial charge is 0.292 e. The molecule has 1 N–H and O–H groups in total. The average molecular weight is 274 g/mol. The maximum absolute atomic E-state index is 11.0. The normalized spacial score (nSPS) is 14.2. The number of benzene rings is 1. The van der Waals surface area contributed by atoms with Crippen LogP contribution in [-0.2, 0) is 6.54 Å². The summed E-state index contributed by atoms with van der Waals surface area (Å²) in [5.74, 6) is 1.61. The van der Waals surface area contributed by atoms with Gasteiger partial charge in [0.25, 0.3) is 5.69 Å². The summed E-state index contributed by atoms with van der Waals surface area (Å²) in [5.41, 5.74) is 1.34. The van der Waals surface area contributed by atoms with Gasteiger partial charge in [-0.3, -0.25) is 10.1 Å². The molecule has 0 bridgehead atoms. The average Bonchev–Trinajstić information content (AvgIpc) is 3.17. The van der Waals surface area contributed by atoms with Crippen molar-refractivity contribution < 1.29 is 9.45 Å². The van der Waals surface area contributed by atoms with Gasteiger partial charge in [-0.2, -0.15) is 4.98 Å². The molecule has 1 fully saturated rings. The molecule has 1 aromatic carbocycles. The maximum Gasteiger partial charge on any atom is 0.292 e. The number of nitro groups is 1. The molecule has 1 aliphatic rings. The first kappa shape index (κ1) is 12.6. The third-order valence-corrected chi connectivity index (χ3v) is 3.21. The molecule has 0 spiro atoms. The van der Waals surface area contributed by atoms with Gasteiger partial charge in [0.2, 0.25) is 5.89 Å². The zero-order valence-electron chi connectivity index (χ0n) is 11.0. The van der Waals surface area contributed by atoms with Crippen molar-refractivity contribution in [3.05, 3.63) is 45.6 Å². The molecule has 1 aliphatic carbocycles. The number of aryl methyl sites for hydroxylation is 1. The quantitative estimate of drug-likeness (QED) is 0.665. The third-order valence-electron chi connectivity index (χ3n) is 3.21.